The molecule has 0 spiro atoms. The van der Waals surface area contributed by atoms with Gasteiger partial charge >= 0.3 is 0 Å². The molecule has 3 nitrogen and oxygen atoms in total. The van der Waals surface area contributed by atoms with Crippen LogP contribution in [0.5, 0.6) is 0 Å². The number of thioether (sulfide) groups is 1. The van der Waals surface area contributed by atoms with Gasteiger partial charge in [-0.05, 0) is 13.3 Å². The summed E-state index contributed by atoms with van der Waals surface area (Å²) in [5.41, 5.74) is 1.19. The largest absolute Gasteiger partial charge is 0.346 e. The fourth-order valence-corrected chi connectivity index (χ4v) is 4.38. The minimum Gasteiger partial charge on any atom is -0.346 e. The Labute approximate surface area is 125 Å². The number of thiazole rings is 1. The summed E-state index contributed by atoms with van der Waals surface area (Å²) in [6, 6.07) is 0.529. The third-order valence-electron chi connectivity index (χ3n) is 3.42. The smallest absolute Gasteiger partial charge is 0.185 e. The molecule has 1 fully saturated rings. The van der Waals surface area contributed by atoms with Crippen molar-refractivity contribution in [1.29, 1.82) is 0 Å². The first-order valence-electron chi connectivity index (χ1n) is 7.16. The number of nitrogens with one attached hydrogen (secondary N) is 1. The minimum atomic E-state index is 0.529. The quantitative estimate of drug-likeness (QED) is 0.903. The Bertz CT molecular complexity index is 403. The van der Waals surface area contributed by atoms with E-state index in [2.05, 4.69) is 49.7 Å². The maximum Gasteiger partial charge on any atom is 0.185 e. The van der Waals surface area contributed by atoms with Gasteiger partial charge in [0.25, 0.3) is 0 Å². The normalized spacial score (nSPS) is 20.3. The summed E-state index contributed by atoms with van der Waals surface area (Å²) in [5, 5.41) is 5.48. The van der Waals surface area contributed by atoms with Crippen LogP contribution in [0.1, 0.15) is 37.8 Å². The second-order valence-corrected chi connectivity index (χ2v) is 7.86. The molecule has 0 radical (unpaired) electrons. The first-order chi connectivity index (χ1) is 9.10. The number of anilines is 1. The van der Waals surface area contributed by atoms with Gasteiger partial charge in [0.05, 0.1) is 5.69 Å². The minimum absolute atomic E-state index is 0.529. The molecule has 1 N–H and O–H groups in total. The van der Waals surface area contributed by atoms with Crippen molar-refractivity contribution >= 4 is 28.2 Å². The highest BCUT2D eigenvalue weighted by molar-refractivity contribution is 8.00. The molecule has 1 aliphatic rings. The van der Waals surface area contributed by atoms with Gasteiger partial charge in [0.2, 0.25) is 0 Å². The van der Waals surface area contributed by atoms with Crippen molar-refractivity contribution in [2.24, 2.45) is 0 Å². The summed E-state index contributed by atoms with van der Waals surface area (Å²) in [5.74, 6) is 1.23. The monoisotopic (exact) mass is 299 g/mol. The van der Waals surface area contributed by atoms with Crippen LogP contribution in [0.25, 0.3) is 0 Å². The van der Waals surface area contributed by atoms with Gasteiger partial charge in [0.1, 0.15) is 0 Å². The van der Waals surface area contributed by atoms with E-state index in [1.54, 1.807) is 0 Å². The van der Waals surface area contributed by atoms with Gasteiger partial charge in [-0.15, -0.1) is 11.3 Å². The van der Waals surface area contributed by atoms with Crippen molar-refractivity contribution in [3.05, 3.63) is 10.6 Å². The maximum atomic E-state index is 4.78. The Morgan fingerprint density at radius 2 is 2.26 bits per heavy atom. The highest BCUT2D eigenvalue weighted by atomic mass is 32.2. The predicted octanol–water partition coefficient (Wildman–Crippen LogP) is 3.28. The number of aromatic nitrogens is 1. The summed E-state index contributed by atoms with van der Waals surface area (Å²) in [4.78, 5) is 8.63. The van der Waals surface area contributed by atoms with Crippen molar-refractivity contribution in [3.63, 3.8) is 0 Å². The van der Waals surface area contributed by atoms with E-state index in [1.165, 1.54) is 27.9 Å². The lowest BCUT2D eigenvalue weighted by atomic mass is 10.3. The fourth-order valence-electron chi connectivity index (χ4n) is 2.15. The van der Waals surface area contributed by atoms with Crippen LogP contribution in [0.15, 0.2) is 0 Å². The topological polar surface area (TPSA) is 28.2 Å². The van der Waals surface area contributed by atoms with Crippen molar-refractivity contribution in [2.75, 3.05) is 23.7 Å². The van der Waals surface area contributed by atoms with Gasteiger partial charge < -0.3 is 10.2 Å². The molecule has 0 aliphatic carbocycles. The molecule has 1 saturated heterocycles. The molecule has 19 heavy (non-hydrogen) atoms. The number of hydrogen-bond acceptors (Lipinski definition) is 5. The Hall–Kier alpha value is -0.260. The van der Waals surface area contributed by atoms with Gasteiger partial charge in [0.15, 0.2) is 5.13 Å². The molecule has 0 saturated carbocycles. The molecule has 0 aromatic carbocycles. The molecule has 1 aliphatic heterocycles. The lowest BCUT2D eigenvalue weighted by molar-refractivity contribution is 0.591. The van der Waals surface area contributed by atoms with Crippen molar-refractivity contribution in [3.8, 4) is 0 Å². The number of rotatable bonds is 5. The third kappa shape index (κ3) is 4.10. The van der Waals surface area contributed by atoms with Crippen LogP contribution in [0.3, 0.4) is 0 Å². The van der Waals surface area contributed by atoms with E-state index >= 15 is 0 Å². The molecular weight excluding hydrogens is 274 g/mol. The van der Waals surface area contributed by atoms with E-state index < -0.39 is 0 Å². The first-order valence-corrected chi connectivity index (χ1v) is 9.03. The molecule has 1 aromatic rings. The summed E-state index contributed by atoms with van der Waals surface area (Å²) < 4.78 is 0. The zero-order valence-electron chi connectivity index (χ0n) is 12.4. The van der Waals surface area contributed by atoms with Crippen LogP contribution in [0, 0.1) is 6.92 Å². The fraction of sp³-hybridized carbons (Fsp3) is 0.786. The number of hydrogen-bond donors (Lipinski definition) is 1. The van der Waals surface area contributed by atoms with Gasteiger partial charge in [-0.25, -0.2) is 4.98 Å². The highest BCUT2D eigenvalue weighted by Gasteiger charge is 2.22. The number of aryl methyl sites for hydroxylation is 1. The maximum absolute atomic E-state index is 4.78. The van der Waals surface area contributed by atoms with Crippen molar-refractivity contribution in [1.82, 2.24) is 10.3 Å². The molecule has 2 rings (SSSR count). The van der Waals surface area contributed by atoms with E-state index in [9.17, 15) is 0 Å². The van der Waals surface area contributed by atoms with Crippen LogP contribution in [-0.4, -0.2) is 35.1 Å². The molecule has 5 heteroatoms. The zero-order chi connectivity index (χ0) is 13.8. The van der Waals surface area contributed by atoms with Gasteiger partial charge in [0, 0.05) is 41.6 Å². The zero-order valence-corrected chi connectivity index (χ0v) is 14.0. The van der Waals surface area contributed by atoms with Gasteiger partial charge in [-0.1, -0.05) is 20.8 Å². The number of nitrogens with zero attached hydrogens (tertiary/aromatic N) is 2. The van der Waals surface area contributed by atoms with E-state index in [1.807, 2.05) is 11.3 Å². The molecule has 2 heterocycles. The average molecular weight is 300 g/mol. The Morgan fingerprint density at radius 1 is 1.47 bits per heavy atom. The third-order valence-corrected chi connectivity index (χ3v) is 6.01. The van der Waals surface area contributed by atoms with Crippen LogP contribution in [-0.2, 0) is 6.54 Å². The summed E-state index contributed by atoms with van der Waals surface area (Å²) >= 11 is 3.97. The first kappa shape index (κ1) is 15.1. The SMILES string of the molecule is CCC1CN(c2nc(C)c(CNC(C)C)s2)CCS1. The second-order valence-electron chi connectivity index (χ2n) is 5.39. The van der Waals surface area contributed by atoms with Crippen molar-refractivity contribution in [2.45, 2.75) is 52.0 Å². The summed E-state index contributed by atoms with van der Waals surface area (Å²) in [7, 11) is 0. The van der Waals surface area contributed by atoms with E-state index in [0.29, 0.717) is 6.04 Å². The lowest BCUT2D eigenvalue weighted by Crippen LogP contribution is -2.37. The summed E-state index contributed by atoms with van der Waals surface area (Å²) in [6.07, 6.45) is 1.26. The van der Waals surface area contributed by atoms with E-state index in [0.717, 1.165) is 24.9 Å². The molecule has 1 aromatic heterocycles. The van der Waals surface area contributed by atoms with Crippen molar-refractivity contribution < 1.29 is 0 Å². The Kier molecular flexibility index (Phi) is 5.54. The molecule has 0 amide bonds. The standard InChI is InChI=1S/C14H25N3S2/c1-5-12-9-17(6-7-18-12)14-16-11(4)13(19-14)8-15-10(2)3/h10,12,15H,5-9H2,1-4H3. The Balaban J connectivity index is 2.02. The highest BCUT2D eigenvalue weighted by Crippen LogP contribution is 2.30. The molecule has 108 valence electrons. The van der Waals surface area contributed by atoms with Crippen LogP contribution in [0.2, 0.25) is 0 Å². The van der Waals surface area contributed by atoms with E-state index in [4.69, 9.17) is 4.98 Å². The van der Waals surface area contributed by atoms with E-state index in [-0.39, 0.29) is 0 Å². The Morgan fingerprint density at radius 3 is 2.95 bits per heavy atom. The van der Waals surface area contributed by atoms with Crippen LogP contribution >= 0.6 is 23.1 Å². The van der Waals surface area contributed by atoms with Gasteiger partial charge in [-0.3, -0.25) is 0 Å². The molecule has 1 unspecified atom stereocenters. The average Bonchev–Trinajstić information content (AvgIpc) is 2.78. The molecular formula is C14H25N3S2. The van der Waals surface area contributed by atoms with Crippen LogP contribution < -0.4 is 10.2 Å². The van der Waals surface area contributed by atoms with Gasteiger partial charge in [-0.2, -0.15) is 11.8 Å². The lowest BCUT2D eigenvalue weighted by Gasteiger charge is -2.31. The molecule has 0 bridgehead atoms. The summed E-state index contributed by atoms with van der Waals surface area (Å²) in [6.45, 7) is 12.0. The predicted molar refractivity (Wildman–Crippen MR) is 87.6 cm³/mol. The molecule has 1 atom stereocenters. The van der Waals surface area contributed by atoms with Crippen LogP contribution in [0.4, 0.5) is 5.13 Å². The second kappa shape index (κ2) is 6.95.